The van der Waals surface area contributed by atoms with Crippen LogP contribution in [0, 0.1) is 0 Å². The Kier molecular flexibility index (Phi) is 5.12. The summed E-state index contributed by atoms with van der Waals surface area (Å²) in [6.07, 6.45) is 1.63. The van der Waals surface area contributed by atoms with E-state index in [1.54, 1.807) is 12.3 Å². The highest BCUT2D eigenvalue weighted by atomic mass is 79.9. The van der Waals surface area contributed by atoms with Crippen molar-refractivity contribution in [3.05, 3.63) is 58.3 Å². The highest BCUT2D eigenvalue weighted by Gasteiger charge is 2.08. The number of carbonyl (C=O) groups is 1. The number of pyridine rings is 1. The van der Waals surface area contributed by atoms with E-state index < -0.39 is 0 Å². The van der Waals surface area contributed by atoms with Gasteiger partial charge < -0.3 is 10.6 Å². The lowest BCUT2D eigenvalue weighted by atomic mass is 10.2. The van der Waals surface area contributed by atoms with Crippen molar-refractivity contribution in [2.24, 2.45) is 0 Å². The first-order valence-electron chi connectivity index (χ1n) is 6.42. The third kappa shape index (κ3) is 3.81. The summed E-state index contributed by atoms with van der Waals surface area (Å²) in [7, 11) is 0. The Morgan fingerprint density at radius 3 is 2.85 bits per heavy atom. The fourth-order valence-corrected chi connectivity index (χ4v) is 2.20. The van der Waals surface area contributed by atoms with Gasteiger partial charge >= 0.3 is 0 Å². The highest BCUT2D eigenvalue weighted by Crippen LogP contribution is 2.15. The molecule has 5 heteroatoms. The van der Waals surface area contributed by atoms with Crippen LogP contribution in [0.5, 0.6) is 0 Å². The normalized spacial score (nSPS) is 10.1. The molecule has 1 amide bonds. The molecule has 2 rings (SSSR count). The SMILES string of the molecule is CCNc1ccnc(C(=O)NCc2ccccc2Br)c1. The molecule has 4 nitrogen and oxygen atoms in total. The molecule has 0 aliphatic carbocycles. The zero-order valence-electron chi connectivity index (χ0n) is 11.2. The molecule has 0 radical (unpaired) electrons. The third-order valence-corrected chi connectivity index (χ3v) is 3.54. The number of nitrogens with one attached hydrogen (secondary N) is 2. The lowest BCUT2D eigenvalue weighted by Crippen LogP contribution is -2.24. The Labute approximate surface area is 126 Å². The van der Waals surface area contributed by atoms with E-state index in [9.17, 15) is 4.79 Å². The molecular weight excluding hydrogens is 318 g/mol. The minimum Gasteiger partial charge on any atom is -0.385 e. The molecule has 0 saturated heterocycles. The molecule has 20 heavy (non-hydrogen) atoms. The topological polar surface area (TPSA) is 54.0 Å². The van der Waals surface area contributed by atoms with Gasteiger partial charge in [0.1, 0.15) is 5.69 Å². The molecule has 0 aliphatic rings. The Balaban J connectivity index is 2.01. The summed E-state index contributed by atoms with van der Waals surface area (Å²) < 4.78 is 0.981. The van der Waals surface area contributed by atoms with Gasteiger partial charge in [-0.1, -0.05) is 34.1 Å². The van der Waals surface area contributed by atoms with E-state index in [0.29, 0.717) is 12.2 Å². The predicted molar refractivity (Wildman–Crippen MR) is 83.7 cm³/mol. The Hall–Kier alpha value is -1.88. The van der Waals surface area contributed by atoms with Gasteiger partial charge in [0.15, 0.2) is 0 Å². The van der Waals surface area contributed by atoms with Gasteiger partial charge in [0.25, 0.3) is 5.91 Å². The molecule has 104 valence electrons. The number of benzene rings is 1. The second-order valence-corrected chi connectivity index (χ2v) is 5.09. The van der Waals surface area contributed by atoms with Crippen molar-refractivity contribution in [1.29, 1.82) is 0 Å². The van der Waals surface area contributed by atoms with E-state index in [0.717, 1.165) is 22.3 Å². The van der Waals surface area contributed by atoms with Crippen molar-refractivity contribution in [3.8, 4) is 0 Å². The van der Waals surface area contributed by atoms with Crippen LogP contribution in [0.25, 0.3) is 0 Å². The van der Waals surface area contributed by atoms with Gasteiger partial charge in [0.2, 0.25) is 0 Å². The maximum atomic E-state index is 12.1. The molecule has 0 aliphatic heterocycles. The van der Waals surface area contributed by atoms with Crippen molar-refractivity contribution >= 4 is 27.5 Å². The first kappa shape index (κ1) is 14.5. The van der Waals surface area contributed by atoms with E-state index in [1.165, 1.54) is 0 Å². The van der Waals surface area contributed by atoms with Crippen LogP contribution < -0.4 is 10.6 Å². The number of hydrogen-bond donors (Lipinski definition) is 2. The molecule has 0 bridgehead atoms. The Morgan fingerprint density at radius 1 is 1.30 bits per heavy atom. The summed E-state index contributed by atoms with van der Waals surface area (Å²) in [6, 6.07) is 11.4. The van der Waals surface area contributed by atoms with Gasteiger partial charge in [-0.2, -0.15) is 0 Å². The molecule has 1 aromatic carbocycles. The fraction of sp³-hybridized carbons (Fsp3) is 0.200. The zero-order valence-corrected chi connectivity index (χ0v) is 12.8. The van der Waals surface area contributed by atoms with Crippen LogP contribution in [0.1, 0.15) is 23.0 Å². The highest BCUT2D eigenvalue weighted by molar-refractivity contribution is 9.10. The molecule has 0 unspecified atom stereocenters. The van der Waals surface area contributed by atoms with Crippen LogP contribution in [0.2, 0.25) is 0 Å². The molecular formula is C15H16BrN3O. The maximum absolute atomic E-state index is 12.1. The monoisotopic (exact) mass is 333 g/mol. The average Bonchev–Trinajstić information content (AvgIpc) is 2.47. The van der Waals surface area contributed by atoms with Crippen molar-refractivity contribution in [2.75, 3.05) is 11.9 Å². The fourth-order valence-electron chi connectivity index (χ4n) is 1.78. The summed E-state index contributed by atoms with van der Waals surface area (Å²) in [5, 5.41) is 6.02. The number of rotatable bonds is 5. The molecule has 2 N–H and O–H groups in total. The molecule has 0 atom stereocenters. The van der Waals surface area contributed by atoms with Gasteiger partial charge in [-0.15, -0.1) is 0 Å². The van der Waals surface area contributed by atoms with E-state index in [-0.39, 0.29) is 5.91 Å². The summed E-state index contributed by atoms with van der Waals surface area (Å²) in [5.41, 5.74) is 2.34. The number of amides is 1. The molecule has 0 fully saturated rings. The largest absolute Gasteiger partial charge is 0.385 e. The zero-order chi connectivity index (χ0) is 14.4. The Bertz CT molecular complexity index is 601. The van der Waals surface area contributed by atoms with Crippen molar-refractivity contribution in [3.63, 3.8) is 0 Å². The number of aromatic nitrogens is 1. The molecule has 1 aromatic heterocycles. The molecule has 2 aromatic rings. The van der Waals surface area contributed by atoms with Crippen LogP contribution in [-0.4, -0.2) is 17.4 Å². The summed E-state index contributed by atoms with van der Waals surface area (Å²) >= 11 is 3.46. The van der Waals surface area contributed by atoms with Crippen molar-refractivity contribution < 1.29 is 4.79 Å². The van der Waals surface area contributed by atoms with Crippen LogP contribution in [-0.2, 0) is 6.54 Å². The van der Waals surface area contributed by atoms with Gasteiger partial charge in [0.05, 0.1) is 0 Å². The van der Waals surface area contributed by atoms with Crippen molar-refractivity contribution in [2.45, 2.75) is 13.5 Å². The minimum absolute atomic E-state index is 0.180. The van der Waals surface area contributed by atoms with Gasteiger partial charge in [-0.3, -0.25) is 9.78 Å². The predicted octanol–water partition coefficient (Wildman–Crippen LogP) is 3.21. The molecule has 0 saturated carbocycles. The van der Waals surface area contributed by atoms with Crippen LogP contribution >= 0.6 is 15.9 Å². The minimum atomic E-state index is -0.180. The summed E-state index contributed by atoms with van der Waals surface area (Å²) in [4.78, 5) is 16.2. The number of anilines is 1. The van der Waals surface area contributed by atoms with E-state index in [2.05, 4.69) is 31.5 Å². The van der Waals surface area contributed by atoms with E-state index >= 15 is 0 Å². The van der Waals surface area contributed by atoms with Gasteiger partial charge in [-0.25, -0.2) is 0 Å². The number of halogens is 1. The average molecular weight is 334 g/mol. The second-order valence-electron chi connectivity index (χ2n) is 4.23. The maximum Gasteiger partial charge on any atom is 0.270 e. The van der Waals surface area contributed by atoms with E-state index in [1.807, 2.05) is 37.3 Å². The molecule has 1 heterocycles. The van der Waals surface area contributed by atoms with Crippen LogP contribution in [0.4, 0.5) is 5.69 Å². The lowest BCUT2D eigenvalue weighted by molar-refractivity contribution is 0.0946. The quantitative estimate of drug-likeness (QED) is 0.883. The van der Waals surface area contributed by atoms with Crippen LogP contribution in [0.3, 0.4) is 0 Å². The van der Waals surface area contributed by atoms with Gasteiger partial charge in [0, 0.05) is 29.4 Å². The summed E-state index contributed by atoms with van der Waals surface area (Å²) in [6.45, 7) is 3.28. The lowest BCUT2D eigenvalue weighted by Gasteiger charge is -2.08. The number of carbonyl (C=O) groups excluding carboxylic acids is 1. The standard InChI is InChI=1S/C15H16BrN3O/c1-2-17-12-7-8-18-14(9-12)15(20)19-10-11-5-3-4-6-13(11)16/h3-9H,2,10H2,1H3,(H,17,18)(H,19,20). The smallest absolute Gasteiger partial charge is 0.270 e. The van der Waals surface area contributed by atoms with E-state index in [4.69, 9.17) is 0 Å². The molecule has 0 spiro atoms. The van der Waals surface area contributed by atoms with Gasteiger partial charge in [-0.05, 0) is 30.7 Å². The van der Waals surface area contributed by atoms with Crippen LogP contribution in [0.15, 0.2) is 47.1 Å². The summed E-state index contributed by atoms with van der Waals surface area (Å²) in [5.74, 6) is -0.180. The van der Waals surface area contributed by atoms with Crippen molar-refractivity contribution in [1.82, 2.24) is 10.3 Å². The number of hydrogen-bond acceptors (Lipinski definition) is 3. The first-order chi connectivity index (χ1) is 9.70. The number of nitrogens with zero attached hydrogens (tertiary/aromatic N) is 1. The first-order valence-corrected chi connectivity index (χ1v) is 7.21. The third-order valence-electron chi connectivity index (χ3n) is 2.77. The Morgan fingerprint density at radius 2 is 2.10 bits per heavy atom. The second kappa shape index (κ2) is 7.05.